The highest BCUT2D eigenvalue weighted by atomic mass is 19.4. The maximum absolute atomic E-state index is 14.0. The summed E-state index contributed by atoms with van der Waals surface area (Å²) < 4.78 is 118. The topological polar surface area (TPSA) is 103 Å². The molecule has 0 aliphatic rings. The Morgan fingerprint density at radius 1 is 0.882 bits per heavy atom. The summed E-state index contributed by atoms with van der Waals surface area (Å²) >= 11 is 0. The van der Waals surface area contributed by atoms with Crippen molar-refractivity contribution in [1.82, 2.24) is 15.0 Å². The highest BCUT2D eigenvalue weighted by Gasteiger charge is 2.82. The second kappa shape index (κ2) is 9.02. The molecule has 8 nitrogen and oxygen atoms in total. The van der Waals surface area contributed by atoms with Crippen LogP contribution in [0.1, 0.15) is 5.56 Å². The molecule has 0 unspecified atom stereocenters. The Morgan fingerprint density at radius 2 is 1.41 bits per heavy atom. The summed E-state index contributed by atoms with van der Waals surface area (Å²) in [5.41, 5.74) is -1.95. The van der Waals surface area contributed by atoms with Crippen molar-refractivity contribution in [3.8, 4) is 0 Å². The Balaban J connectivity index is 2.33. The molecule has 1 aromatic heterocycles. The van der Waals surface area contributed by atoms with E-state index < -0.39 is 42.0 Å². The van der Waals surface area contributed by atoms with Crippen LogP contribution in [0.5, 0.6) is 0 Å². The molecule has 34 heavy (non-hydrogen) atoms. The summed E-state index contributed by atoms with van der Waals surface area (Å²) in [5, 5.41) is 13.5. The van der Waals surface area contributed by atoms with Crippen LogP contribution in [-0.4, -0.2) is 64.7 Å². The number of carboxylic acid groups (broad SMARTS) is 1. The number of alkyl halides is 9. The van der Waals surface area contributed by atoms with Crippen molar-refractivity contribution >= 4 is 29.5 Å². The summed E-state index contributed by atoms with van der Waals surface area (Å²) in [5.74, 6) is -21.4. The second-order valence-electron chi connectivity index (χ2n) is 6.85. The lowest BCUT2D eigenvalue weighted by Crippen LogP contribution is -2.59. The number of carboxylic acids is 1. The first-order chi connectivity index (χ1) is 15.4. The zero-order valence-corrected chi connectivity index (χ0v) is 17.1. The first-order valence-corrected chi connectivity index (χ1v) is 8.87. The van der Waals surface area contributed by atoms with Gasteiger partial charge in [0.25, 0.3) is 0 Å². The minimum Gasteiger partial charge on any atom is -0.480 e. The fourth-order valence-electron chi connectivity index (χ4n) is 2.30. The number of aromatic nitrogens is 3. The van der Waals surface area contributed by atoms with Crippen LogP contribution in [0.4, 0.5) is 63.0 Å². The number of nitrogens with one attached hydrogen (secondary N) is 2. The molecule has 0 atom stereocenters. The van der Waals surface area contributed by atoms with Gasteiger partial charge in [-0.2, -0.15) is 54.5 Å². The van der Waals surface area contributed by atoms with E-state index in [4.69, 9.17) is 5.11 Å². The second-order valence-corrected chi connectivity index (χ2v) is 6.85. The highest BCUT2D eigenvalue weighted by Crippen LogP contribution is 2.56. The average molecular weight is 506 g/mol. The van der Waals surface area contributed by atoms with Crippen molar-refractivity contribution in [1.29, 1.82) is 0 Å². The number of halogens is 9. The van der Waals surface area contributed by atoms with E-state index in [1.807, 2.05) is 0 Å². The molecule has 1 heterocycles. The van der Waals surface area contributed by atoms with Gasteiger partial charge in [-0.1, -0.05) is 12.1 Å². The Bertz CT molecular complexity index is 1030. The largest absolute Gasteiger partial charge is 0.480 e. The van der Waals surface area contributed by atoms with Crippen LogP contribution in [0.15, 0.2) is 24.3 Å². The predicted molar refractivity (Wildman–Crippen MR) is 99.8 cm³/mol. The predicted octanol–water partition coefficient (Wildman–Crippen LogP) is 4.10. The van der Waals surface area contributed by atoms with Gasteiger partial charge in [-0.15, -0.1) is 0 Å². The molecule has 2 aromatic rings. The number of hydrogen-bond donors (Lipinski definition) is 3. The fourth-order valence-corrected chi connectivity index (χ4v) is 2.30. The van der Waals surface area contributed by atoms with Gasteiger partial charge in [-0.05, 0) is 12.1 Å². The van der Waals surface area contributed by atoms with E-state index in [9.17, 15) is 44.3 Å². The van der Waals surface area contributed by atoms with Crippen LogP contribution in [-0.2, 0) is 10.7 Å². The fraction of sp³-hybridized carbons (Fsp3) is 0.412. The number of anilines is 4. The van der Waals surface area contributed by atoms with Crippen LogP contribution >= 0.6 is 0 Å². The first-order valence-electron chi connectivity index (χ1n) is 8.87. The lowest BCUT2D eigenvalue weighted by molar-refractivity contribution is -0.399. The minimum absolute atomic E-state index is 0.0163. The lowest BCUT2D eigenvalue weighted by atomic mass is 9.96. The lowest BCUT2D eigenvalue weighted by Gasteiger charge is -2.33. The molecule has 0 spiro atoms. The van der Waals surface area contributed by atoms with E-state index in [1.165, 1.54) is 19.0 Å². The zero-order valence-electron chi connectivity index (χ0n) is 17.1. The van der Waals surface area contributed by atoms with Crippen molar-refractivity contribution in [2.24, 2.45) is 0 Å². The molecule has 17 heteroatoms. The molecule has 0 saturated heterocycles. The Labute approximate surface area is 184 Å². The van der Waals surface area contributed by atoms with E-state index in [0.717, 1.165) is 0 Å². The number of aliphatic carboxylic acids is 1. The molecule has 0 bridgehead atoms. The first kappa shape index (κ1) is 26.7. The quantitative estimate of drug-likeness (QED) is 0.437. The molecule has 0 radical (unpaired) electrons. The van der Waals surface area contributed by atoms with Gasteiger partial charge in [-0.25, -0.2) is 0 Å². The van der Waals surface area contributed by atoms with Crippen molar-refractivity contribution in [2.45, 2.75) is 23.9 Å². The molecule has 1 aromatic carbocycles. The molecule has 0 aliphatic heterocycles. The van der Waals surface area contributed by atoms with Crippen molar-refractivity contribution < 1.29 is 49.4 Å². The van der Waals surface area contributed by atoms with Crippen molar-refractivity contribution in [2.75, 3.05) is 36.2 Å². The number of hydrogen-bond acceptors (Lipinski definition) is 7. The van der Waals surface area contributed by atoms with Gasteiger partial charge in [0, 0.05) is 25.3 Å². The van der Waals surface area contributed by atoms with Gasteiger partial charge in [0.2, 0.25) is 17.8 Å². The third-order valence-corrected chi connectivity index (χ3v) is 4.07. The number of nitrogens with zero attached hydrogens (tertiary/aromatic N) is 4. The molecule has 0 aliphatic carbocycles. The standard InChI is InChI=1S/C17H15F9N6O2/c1-32(2)13-30-11(27-7-10(33)34)29-12(31-13)28-9-5-3-8(4-6-9)14(18,19)15(20,21)16(22,23)17(24,25)26/h3-6H,7H2,1-2H3,(H,33,34)(H2,27,28,29,30,31). The smallest absolute Gasteiger partial charge is 0.460 e. The van der Waals surface area contributed by atoms with E-state index in [0.29, 0.717) is 12.1 Å². The van der Waals surface area contributed by atoms with Gasteiger partial charge in [0.05, 0.1) is 0 Å². The number of benzene rings is 1. The van der Waals surface area contributed by atoms with Gasteiger partial charge < -0.3 is 20.6 Å². The highest BCUT2D eigenvalue weighted by molar-refractivity contribution is 5.72. The normalized spacial score (nSPS) is 12.9. The zero-order chi connectivity index (χ0) is 26.1. The van der Waals surface area contributed by atoms with Gasteiger partial charge in [0.15, 0.2) is 0 Å². The SMILES string of the molecule is CN(C)c1nc(NCC(=O)O)nc(Nc2ccc(C(F)(F)C(F)(F)C(F)(F)C(F)(F)F)cc2)n1. The molecule has 188 valence electrons. The number of carbonyl (C=O) groups is 1. The minimum atomic E-state index is -7.01. The summed E-state index contributed by atoms with van der Waals surface area (Å²) in [6.07, 6.45) is -6.92. The molecular formula is C17H15F9N6O2. The summed E-state index contributed by atoms with van der Waals surface area (Å²) in [7, 11) is 3.04. The van der Waals surface area contributed by atoms with E-state index in [2.05, 4.69) is 25.6 Å². The van der Waals surface area contributed by atoms with Crippen LogP contribution in [0.25, 0.3) is 0 Å². The van der Waals surface area contributed by atoms with Gasteiger partial charge in [0.1, 0.15) is 6.54 Å². The van der Waals surface area contributed by atoms with Crippen LogP contribution in [0.2, 0.25) is 0 Å². The van der Waals surface area contributed by atoms with Crippen molar-refractivity contribution in [3.05, 3.63) is 29.8 Å². The maximum atomic E-state index is 14.0. The molecule has 0 amide bonds. The maximum Gasteiger partial charge on any atom is 0.460 e. The number of rotatable bonds is 9. The molecule has 2 rings (SSSR count). The summed E-state index contributed by atoms with van der Waals surface area (Å²) in [6, 6.07) is 1.82. The van der Waals surface area contributed by atoms with E-state index >= 15 is 0 Å². The molecule has 0 saturated carbocycles. The van der Waals surface area contributed by atoms with Crippen LogP contribution < -0.4 is 15.5 Å². The van der Waals surface area contributed by atoms with E-state index in [1.54, 1.807) is 0 Å². The molecular weight excluding hydrogens is 491 g/mol. The third kappa shape index (κ3) is 5.17. The molecule has 0 fully saturated rings. The Hall–Kier alpha value is -3.53. The van der Waals surface area contributed by atoms with Crippen LogP contribution in [0.3, 0.4) is 0 Å². The van der Waals surface area contributed by atoms with E-state index in [-0.39, 0.29) is 35.7 Å². The average Bonchev–Trinajstić information content (AvgIpc) is 2.71. The van der Waals surface area contributed by atoms with Gasteiger partial charge in [-0.3, -0.25) is 4.79 Å². The third-order valence-electron chi connectivity index (χ3n) is 4.07. The van der Waals surface area contributed by atoms with Crippen LogP contribution in [0, 0.1) is 0 Å². The van der Waals surface area contributed by atoms with Gasteiger partial charge >= 0.3 is 29.9 Å². The summed E-state index contributed by atoms with van der Waals surface area (Å²) in [6.45, 7) is -0.573. The Morgan fingerprint density at radius 3 is 1.88 bits per heavy atom. The monoisotopic (exact) mass is 506 g/mol. The van der Waals surface area contributed by atoms with Crippen molar-refractivity contribution in [3.63, 3.8) is 0 Å². The molecule has 3 N–H and O–H groups in total. The Kier molecular flexibility index (Phi) is 7.09. The summed E-state index contributed by atoms with van der Waals surface area (Å²) in [4.78, 5) is 23.7.